The molecule has 0 aromatic heterocycles. The molecule has 1 saturated heterocycles. The summed E-state index contributed by atoms with van der Waals surface area (Å²) in [6.07, 6.45) is 2.53. The zero-order valence-electron chi connectivity index (χ0n) is 15.9. The summed E-state index contributed by atoms with van der Waals surface area (Å²) in [5, 5.41) is 0. The average molecular weight is 416 g/mol. The molecule has 28 heavy (non-hydrogen) atoms. The van der Waals surface area contributed by atoms with Gasteiger partial charge in [0.25, 0.3) is 5.91 Å². The lowest BCUT2D eigenvalue weighted by Crippen LogP contribution is -2.30. The zero-order chi connectivity index (χ0) is 20.1. The highest BCUT2D eigenvalue weighted by Crippen LogP contribution is 2.39. The summed E-state index contributed by atoms with van der Waals surface area (Å²) in [5.74, 6) is 1.62. The number of benzene rings is 2. The molecule has 0 N–H and O–H groups in total. The summed E-state index contributed by atoms with van der Waals surface area (Å²) in [5.41, 5.74) is 1.89. The molecule has 0 saturated carbocycles. The number of hydrogen-bond donors (Lipinski definition) is 0. The van der Waals surface area contributed by atoms with Gasteiger partial charge in [-0.2, -0.15) is 0 Å². The number of nitrogens with zero attached hydrogens (tertiary/aromatic N) is 1. The SMILES string of the molecule is COc1cc(OC)c(OC)cc1C=C1SC(=S)N(CCc2ccccc2)C1=O. The third-order valence-corrected chi connectivity index (χ3v) is 5.74. The fraction of sp³-hybridized carbons (Fsp3) is 0.238. The van der Waals surface area contributed by atoms with Crippen molar-refractivity contribution in [1.29, 1.82) is 0 Å². The van der Waals surface area contributed by atoms with Crippen molar-refractivity contribution in [3.63, 3.8) is 0 Å². The number of methoxy groups -OCH3 is 3. The number of amides is 1. The highest BCUT2D eigenvalue weighted by atomic mass is 32.2. The second-order valence-corrected chi connectivity index (χ2v) is 7.69. The predicted molar refractivity (Wildman–Crippen MR) is 116 cm³/mol. The maximum absolute atomic E-state index is 12.9. The first kappa shape index (κ1) is 20.2. The first-order chi connectivity index (χ1) is 13.6. The molecule has 0 aliphatic carbocycles. The first-order valence-corrected chi connectivity index (χ1v) is 9.89. The van der Waals surface area contributed by atoms with Crippen molar-refractivity contribution in [2.24, 2.45) is 0 Å². The summed E-state index contributed by atoms with van der Waals surface area (Å²) in [4.78, 5) is 15.1. The van der Waals surface area contributed by atoms with Crippen LogP contribution in [0.2, 0.25) is 0 Å². The fourth-order valence-corrected chi connectivity index (χ4v) is 4.18. The van der Waals surface area contributed by atoms with Gasteiger partial charge in [0.05, 0.1) is 26.2 Å². The topological polar surface area (TPSA) is 48.0 Å². The van der Waals surface area contributed by atoms with E-state index in [9.17, 15) is 4.79 Å². The van der Waals surface area contributed by atoms with Crippen molar-refractivity contribution >= 4 is 40.3 Å². The monoisotopic (exact) mass is 415 g/mol. The maximum atomic E-state index is 12.9. The predicted octanol–water partition coefficient (Wildman–Crippen LogP) is 4.16. The molecule has 5 nitrogen and oxygen atoms in total. The van der Waals surface area contributed by atoms with Crippen LogP contribution in [0.3, 0.4) is 0 Å². The van der Waals surface area contributed by atoms with E-state index >= 15 is 0 Å². The third kappa shape index (κ3) is 4.31. The molecule has 0 unspecified atom stereocenters. The first-order valence-electron chi connectivity index (χ1n) is 8.66. The number of rotatable bonds is 7. The van der Waals surface area contributed by atoms with E-state index < -0.39 is 0 Å². The van der Waals surface area contributed by atoms with Gasteiger partial charge in [-0.05, 0) is 24.1 Å². The molecule has 0 radical (unpaired) electrons. The van der Waals surface area contributed by atoms with Gasteiger partial charge in [0, 0.05) is 18.2 Å². The maximum Gasteiger partial charge on any atom is 0.266 e. The summed E-state index contributed by atoms with van der Waals surface area (Å²) in [6, 6.07) is 13.6. The van der Waals surface area contributed by atoms with Gasteiger partial charge in [-0.15, -0.1) is 0 Å². The number of carbonyl (C=O) groups excluding carboxylic acids is 1. The Morgan fingerprint density at radius 3 is 2.29 bits per heavy atom. The molecule has 0 atom stereocenters. The molecular formula is C21H21NO4S2. The molecule has 3 rings (SSSR count). The lowest BCUT2D eigenvalue weighted by Gasteiger charge is -2.14. The lowest BCUT2D eigenvalue weighted by molar-refractivity contribution is -0.122. The van der Waals surface area contributed by atoms with E-state index in [1.54, 1.807) is 44.4 Å². The van der Waals surface area contributed by atoms with Gasteiger partial charge in [0.1, 0.15) is 10.1 Å². The number of thioether (sulfide) groups is 1. The molecule has 1 aliphatic rings. The van der Waals surface area contributed by atoms with Crippen molar-refractivity contribution in [3.8, 4) is 17.2 Å². The third-order valence-electron chi connectivity index (χ3n) is 4.36. The molecule has 0 bridgehead atoms. The van der Waals surface area contributed by atoms with Gasteiger partial charge < -0.3 is 14.2 Å². The van der Waals surface area contributed by atoms with Crippen LogP contribution in [-0.4, -0.2) is 43.0 Å². The Balaban J connectivity index is 1.83. The Morgan fingerprint density at radius 1 is 1.00 bits per heavy atom. The van der Waals surface area contributed by atoms with E-state index in [0.29, 0.717) is 33.0 Å². The normalized spacial score (nSPS) is 15.2. The summed E-state index contributed by atoms with van der Waals surface area (Å²) in [7, 11) is 4.70. The van der Waals surface area contributed by atoms with Gasteiger partial charge >= 0.3 is 0 Å². The zero-order valence-corrected chi connectivity index (χ0v) is 17.6. The van der Waals surface area contributed by atoms with Gasteiger partial charge in [0.15, 0.2) is 11.5 Å². The quantitative estimate of drug-likeness (QED) is 0.500. The highest BCUT2D eigenvalue weighted by molar-refractivity contribution is 8.26. The minimum atomic E-state index is -0.0947. The van der Waals surface area contributed by atoms with Crippen LogP contribution in [0.5, 0.6) is 17.2 Å². The van der Waals surface area contributed by atoms with E-state index in [4.69, 9.17) is 26.4 Å². The Hall–Kier alpha value is -2.51. The Labute approximate surface area is 174 Å². The van der Waals surface area contributed by atoms with Gasteiger partial charge in [0.2, 0.25) is 0 Å². The summed E-state index contributed by atoms with van der Waals surface area (Å²) < 4.78 is 16.7. The van der Waals surface area contributed by atoms with Crippen molar-refractivity contribution in [1.82, 2.24) is 4.90 Å². The van der Waals surface area contributed by atoms with Gasteiger partial charge in [-0.3, -0.25) is 9.69 Å². The van der Waals surface area contributed by atoms with E-state index in [1.165, 1.54) is 17.3 Å². The molecule has 1 aliphatic heterocycles. The van der Waals surface area contributed by atoms with Crippen LogP contribution in [0.15, 0.2) is 47.4 Å². The van der Waals surface area contributed by atoms with Crippen LogP contribution in [0.25, 0.3) is 6.08 Å². The van der Waals surface area contributed by atoms with Crippen molar-refractivity contribution < 1.29 is 19.0 Å². The number of carbonyl (C=O) groups is 1. The minimum Gasteiger partial charge on any atom is -0.496 e. The number of ether oxygens (including phenoxy) is 3. The Bertz CT molecular complexity index is 912. The van der Waals surface area contributed by atoms with E-state index in [2.05, 4.69) is 0 Å². The van der Waals surface area contributed by atoms with Crippen LogP contribution >= 0.6 is 24.0 Å². The molecule has 0 spiro atoms. The van der Waals surface area contributed by atoms with Crippen molar-refractivity contribution in [3.05, 3.63) is 58.5 Å². The van der Waals surface area contributed by atoms with E-state index in [1.807, 2.05) is 30.3 Å². The molecule has 1 heterocycles. The van der Waals surface area contributed by atoms with Crippen LogP contribution in [0.4, 0.5) is 0 Å². The van der Waals surface area contributed by atoms with Crippen LogP contribution in [0, 0.1) is 0 Å². The van der Waals surface area contributed by atoms with Gasteiger partial charge in [-0.25, -0.2) is 0 Å². The minimum absolute atomic E-state index is 0.0947. The molecule has 2 aromatic carbocycles. The molecular weight excluding hydrogens is 394 g/mol. The second kappa shape index (κ2) is 9.12. The molecule has 1 fully saturated rings. The standard InChI is InChI=1S/C21H21NO4S2/c1-24-16-13-18(26-3)17(25-2)11-15(16)12-19-20(23)22(21(27)28-19)10-9-14-7-5-4-6-8-14/h4-8,11-13H,9-10H2,1-3H3. The van der Waals surface area contributed by atoms with Crippen LogP contribution in [-0.2, 0) is 11.2 Å². The number of thiocarbonyl (C=S) groups is 1. The summed E-state index contributed by atoms with van der Waals surface area (Å²) >= 11 is 6.72. The lowest BCUT2D eigenvalue weighted by atomic mass is 10.1. The Morgan fingerprint density at radius 2 is 1.64 bits per heavy atom. The van der Waals surface area contributed by atoms with Crippen molar-refractivity contribution in [2.45, 2.75) is 6.42 Å². The van der Waals surface area contributed by atoms with E-state index in [-0.39, 0.29) is 5.91 Å². The van der Waals surface area contributed by atoms with Crippen molar-refractivity contribution in [2.75, 3.05) is 27.9 Å². The average Bonchev–Trinajstić information content (AvgIpc) is 2.99. The molecule has 7 heteroatoms. The summed E-state index contributed by atoms with van der Waals surface area (Å²) in [6.45, 7) is 0.551. The van der Waals surface area contributed by atoms with Gasteiger partial charge in [-0.1, -0.05) is 54.3 Å². The largest absolute Gasteiger partial charge is 0.496 e. The molecule has 146 valence electrons. The Kier molecular flexibility index (Phi) is 6.59. The second-order valence-electron chi connectivity index (χ2n) is 6.02. The molecule has 1 amide bonds. The highest BCUT2D eigenvalue weighted by Gasteiger charge is 2.32. The van der Waals surface area contributed by atoms with E-state index in [0.717, 1.165) is 12.0 Å². The smallest absolute Gasteiger partial charge is 0.266 e. The fourth-order valence-electron chi connectivity index (χ4n) is 2.89. The van der Waals surface area contributed by atoms with Crippen LogP contribution < -0.4 is 14.2 Å². The number of hydrogen-bond acceptors (Lipinski definition) is 6. The van der Waals surface area contributed by atoms with Crippen LogP contribution in [0.1, 0.15) is 11.1 Å². The molecule has 2 aromatic rings.